The summed E-state index contributed by atoms with van der Waals surface area (Å²) in [5, 5.41) is 4.23. The van der Waals surface area contributed by atoms with Crippen molar-refractivity contribution in [1.29, 1.82) is 0 Å². The number of nitrogens with one attached hydrogen (secondary N) is 1. The maximum absolute atomic E-state index is 6.14. The fraction of sp³-hybridized carbons (Fsp3) is 0.500. The monoisotopic (exact) mass is 239 g/mol. The molecule has 1 heterocycles. The van der Waals surface area contributed by atoms with Crippen LogP contribution in [0.1, 0.15) is 5.56 Å². The first kappa shape index (κ1) is 11.7. The molecule has 3 nitrogen and oxygen atoms in total. The van der Waals surface area contributed by atoms with Crippen molar-refractivity contribution < 1.29 is 0 Å². The summed E-state index contributed by atoms with van der Waals surface area (Å²) in [6, 6.07) is 6.61. The van der Waals surface area contributed by atoms with Crippen LogP contribution >= 0.6 is 11.6 Å². The van der Waals surface area contributed by atoms with Gasteiger partial charge in [-0.3, -0.25) is 0 Å². The fourth-order valence-electron chi connectivity index (χ4n) is 2.00. The first-order valence-electron chi connectivity index (χ1n) is 5.65. The Hall–Kier alpha value is -0.770. The SMILES string of the molecule is Cc1ccc(N2CCNC(CN)C2)cc1Cl. The van der Waals surface area contributed by atoms with E-state index in [-0.39, 0.29) is 0 Å². The summed E-state index contributed by atoms with van der Waals surface area (Å²) < 4.78 is 0. The van der Waals surface area contributed by atoms with Crippen LogP contribution in [0, 0.1) is 6.92 Å². The molecule has 1 aromatic carbocycles. The van der Waals surface area contributed by atoms with Gasteiger partial charge in [-0.2, -0.15) is 0 Å². The number of hydrogen-bond donors (Lipinski definition) is 2. The second-order valence-electron chi connectivity index (χ2n) is 4.27. The van der Waals surface area contributed by atoms with Crippen LogP contribution in [0.4, 0.5) is 5.69 Å². The topological polar surface area (TPSA) is 41.3 Å². The van der Waals surface area contributed by atoms with E-state index in [2.05, 4.69) is 22.3 Å². The lowest BCUT2D eigenvalue weighted by Crippen LogP contribution is -2.53. The number of anilines is 1. The molecule has 88 valence electrons. The average molecular weight is 240 g/mol. The molecule has 0 aromatic heterocycles. The summed E-state index contributed by atoms with van der Waals surface area (Å²) in [6.45, 7) is 5.64. The molecule has 0 bridgehead atoms. The molecule has 16 heavy (non-hydrogen) atoms. The second kappa shape index (κ2) is 5.04. The quantitative estimate of drug-likeness (QED) is 0.820. The molecule has 1 aliphatic rings. The summed E-state index contributed by atoms with van der Waals surface area (Å²) in [6.07, 6.45) is 0. The molecule has 1 atom stereocenters. The van der Waals surface area contributed by atoms with Gasteiger partial charge in [0, 0.05) is 42.9 Å². The van der Waals surface area contributed by atoms with Gasteiger partial charge < -0.3 is 16.0 Å². The van der Waals surface area contributed by atoms with Crippen molar-refractivity contribution in [1.82, 2.24) is 5.32 Å². The third-order valence-electron chi connectivity index (χ3n) is 3.06. The van der Waals surface area contributed by atoms with Crippen molar-refractivity contribution in [2.24, 2.45) is 5.73 Å². The van der Waals surface area contributed by atoms with Crippen molar-refractivity contribution in [3.63, 3.8) is 0 Å². The van der Waals surface area contributed by atoms with Crippen LogP contribution in [0.25, 0.3) is 0 Å². The minimum atomic E-state index is 0.383. The fourth-order valence-corrected chi connectivity index (χ4v) is 2.17. The third-order valence-corrected chi connectivity index (χ3v) is 3.47. The molecule has 4 heteroatoms. The predicted octanol–water partition coefficient (Wildman–Crippen LogP) is 1.39. The van der Waals surface area contributed by atoms with Crippen LogP contribution in [-0.4, -0.2) is 32.2 Å². The minimum absolute atomic E-state index is 0.383. The highest BCUT2D eigenvalue weighted by atomic mass is 35.5. The van der Waals surface area contributed by atoms with Gasteiger partial charge in [0.1, 0.15) is 0 Å². The number of rotatable bonds is 2. The zero-order chi connectivity index (χ0) is 11.5. The molecule has 3 N–H and O–H groups in total. The number of benzene rings is 1. The zero-order valence-electron chi connectivity index (χ0n) is 9.54. The predicted molar refractivity (Wildman–Crippen MR) is 69.2 cm³/mol. The summed E-state index contributed by atoms with van der Waals surface area (Å²) in [7, 11) is 0. The first-order valence-corrected chi connectivity index (χ1v) is 6.03. The van der Waals surface area contributed by atoms with Gasteiger partial charge in [-0.15, -0.1) is 0 Å². The molecule has 0 saturated carbocycles. The van der Waals surface area contributed by atoms with E-state index in [1.54, 1.807) is 0 Å². The van der Waals surface area contributed by atoms with Gasteiger partial charge in [-0.1, -0.05) is 17.7 Å². The van der Waals surface area contributed by atoms with Crippen LogP contribution in [0.5, 0.6) is 0 Å². The summed E-state index contributed by atoms with van der Waals surface area (Å²) in [4.78, 5) is 2.33. The lowest BCUT2D eigenvalue weighted by Gasteiger charge is -2.35. The Morgan fingerprint density at radius 1 is 1.56 bits per heavy atom. The Bertz CT molecular complexity index is 367. The first-order chi connectivity index (χ1) is 7.70. The smallest absolute Gasteiger partial charge is 0.0455 e. The second-order valence-corrected chi connectivity index (χ2v) is 4.67. The van der Waals surface area contributed by atoms with Gasteiger partial charge in [-0.05, 0) is 24.6 Å². The number of aryl methyl sites for hydroxylation is 1. The van der Waals surface area contributed by atoms with Crippen LogP contribution in [0.3, 0.4) is 0 Å². The molecule has 1 fully saturated rings. The van der Waals surface area contributed by atoms with E-state index in [9.17, 15) is 0 Å². The minimum Gasteiger partial charge on any atom is -0.369 e. The van der Waals surface area contributed by atoms with Crippen molar-refractivity contribution in [3.05, 3.63) is 28.8 Å². The van der Waals surface area contributed by atoms with E-state index in [1.165, 1.54) is 5.69 Å². The van der Waals surface area contributed by atoms with Gasteiger partial charge in [-0.25, -0.2) is 0 Å². The van der Waals surface area contributed by atoms with E-state index < -0.39 is 0 Å². The summed E-state index contributed by atoms with van der Waals surface area (Å²) in [5.41, 5.74) is 7.99. The van der Waals surface area contributed by atoms with Crippen molar-refractivity contribution in [2.45, 2.75) is 13.0 Å². The largest absolute Gasteiger partial charge is 0.369 e. The Morgan fingerprint density at radius 3 is 3.06 bits per heavy atom. The lowest BCUT2D eigenvalue weighted by molar-refractivity contribution is 0.463. The lowest BCUT2D eigenvalue weighted by atomic mass is 10.1. The van der Waals surface area contributed by atoms with Crippen molar-refractivity contribution in [3.8, 4) is 0 Å². The van der Waals surface area contributed by atoms with E-state index in [0.29, 0.717) is 12.6 Å². The van der Waals surface area contributed by atoms with Crippen LogP contribution in [0.2, 0.25) is 5.02 Å². The molecule has 2 rings (SSSR count). The Labute approximate surface area is 102 Å². The Kier molecular flexibility index (Phi) is 3.69. The Morgan fingerprint density at radius 2 is 2.38 bits per heavy atom. The molecule has 1 saturated heterocycles. The average Bonchev–Trinajstić information content (AvgIpc) is 2.33. The van der Waals surface area contributed by atoms with Gasteiger partial charge in [0.2, 0.25) is 0 Å². The van der Waals surface area contributed by atoms with Crippen LogP contribution < -0.4 is 16.0 Å². The van der Waals surface area contributed by atoms with Crippen LogP contribution in [0.15, 0.2) is 18.2 Å². The highest BCUT2D eigenvalue weighted by Crippen LogP contribution is 2.23. The molecule has 0 spiro atoms. The number of nitrogens with zero attached hydrogens (tertiary/aromatic N) is 1. The van der Waals surface area contributed by atoms with Crippen molar-refractivity contribution >= 4 is 17.3 Å². The molecule has 0 amide bonds. The molecular weight excluding hydrogens is 222 g/mol. The normalized spacial score (nSPS) is 21.2. The number of nitrogens with two attached hydrogens (primary N) is 1. The highest BCUT2D eigenvalue weighted by Gasteiger charge is 2.18. The Balaban J connectivity index is 2.13. The standard InChI is InChI=1S/C12H18ClN3/c1-9-2-3-11(6-12(9)13)16-5-4-15-10(7-14)8-16/h2-3,6,10,15H,4-5,7-8,14H2,1H3. The van der Waals surface area contributed by atoms with Gasteiger partial charge in [0.25, 0.3) is 0 Å². The van der Waals surface area contributed by atoms with Crippen LogP contribution in [-0.2, 0) is 0 Å². The molecule has 0 aliphatic carbocycles. The highest BCUT2D eigenvalue weighted by molar-refractivity contribution is 6.31. The van der Waals surface area contributed by atoms with Gasteiger partial charge in [0.05, 0.1) is 0 Å². The number of piperazine rings is 1. The maximum Gasteiger partial charge on any atom is 0.0455 e. The summed E-state index contributed by atoms with van der Waals surface area (Å²) >= 11 is 6.14. The third kappa shape index (κ3) is 2.48. The number of hydrogen-bond acceptors (Lipinski definition) is 3. The van der Waals surface area contributed by atoms with Gasteiger partial charge >= 0.3 is 0 Å². The molecule has 1 unspecified atom stereocenters. The number of halogens is 1. The zero-order valence-corrected chi connectivity index (χ0v) is 10.3. The molecule has 1 aromatic rings. The maximum atomic E-state index is 6.14. The molecular formula is C12H18ClN3. The van der Waals surface area contributed by atoms with E-state index in [0.717, 1.165) is 30.2 Å². The molecule has 1 aliphatic heterocycles. The van der Waals surface area contributed by atoms with Crippen molar-refractivity contribution in [2.75, 3.05) is 31.1 Å². The van der Waals surface area contributed by atoms with Gasteiger partial charge in [0.15, 0.2) is 0 Å². The van der Waals surface area contributed by atoms with E-state index in [4.69, 9.17) is 17.3 Å². The van der Waals surface area contributed by atoms with E-state index >= 15 is 0 Å². The summed E-state index contributed by atoms with van der Waals surface area (Å²) in [5.74, 6) is 0. The molecule has 0 radical (unpaired) electrons. The van der Waals surface area contributed by atoms with E-state index in [1.807, 2.05) is 13.0 Å².